The molecule has 0 amide bonds. The number of hydrogen-bond acceptors (Lipinski definition) is 4. The minimum Gasteiger partial charge on any atom is -0.314 e. The highest BCUT2D eigenvalue weighted by molar-refractivity contribution is 4.80. The quantitative estimate of drug-likeness (QED) is 0.623. The first-order chi connectivity index (χ1) is 8.74. The number of nitrogens with one attached hydrogen (secondary N) is 1. The van der Waals surface area contributed by atoms with E-state index >= 15 is 0 Å². The first-order valence-electron chi connectivity index (χ1n) is 7.54. The van der Waals surface area contributed by atoms with Gasteiger partial charge in [-0.1, -0.05) is 0 Å². The maximum atomic E-state index is 3.52. The Morgan fingerprint density at radius 1 is 1.00 bits per heavy atom. The SMILES string of the molecule is CN(C)CCNCCN1CCN(CC2CC2)CC1. The number of piperazine rings is 1. The molecule has 4 nitrogen and oxygen atoms in total. The van der Waals surface area contributed by atoms with E-state index in [2.05, 4.69) is 34.1 Å². The lowest BCUT2D eigenvalue weighted by molar-refractivity contribution is 0.129. The van der Waals surface area contributed by atoms with Crippen LogP contribution in [0.4, 0.5) is 0 Å². The van der Waals surface area contributed by atoms with Gasteiger partial charge in [0.05, 0.1) is 0 Å². The van der Waals surface area contributed by atoms with Crippen molar-refractivity contribution >= 4 is 0 Å². The molecule has 4 heteroatoms. The zero-order valence-corrected chi connectivity index (χ0v) is 12.2. The van der Waals surface area contributed by atoms with Crippen LogP contribution in [0.2, 0.25) is 0 Å². The van der Waals surface area contributed by atoms with Gasteiger partial charge in [0.1, 0.15) is 0 Å². The summed E-state index contributed by atoms with van der Waals surface area (Å²) in [6.45, 7) is 11.1. The molecule has 106 valence electrons. The van der Waals surface area contributed by atoms with Crippen LogP contribution in [0.1, 0.15) is 12.8 Å². The van der Waals surface area contributed by atoms with E-state index in [4.69, 9.17) is 0 Å². The molecule has 0 aromatic carbocycles. The van der Waals surface area contributed by atoms with Crippen LogP contribution in [0.3, 0.4) is 0 Å². The van der Waals surface area contributed by atoms with E-state index in [1.165, 1.54) is 52.1 Å². The predicted molar refractivity (Wildman–Crippen MR) is 77.0 cm³/mol. The van der Waals surface area contributed by atoms with Gasteiger partial charge in [-0.25, -0.2) is 0 Å². The fourth-order valence-corrected chi connectivity index (χ4v) is 2.53. The Bertz CT molecular complexity index is 220. The van der Waals surface area contributed by atoms with Gasteiger partial charge >= 0.3 is 0 Å². The van der Waals surface area contributed by atoms with Crippen LogP contribution in [0.5, 0.6) is 0 Å². The minimum absolute atomic E-state index is 1.05. The van der Waals surface area contributed by atoms with E-state index in [1.54, 1.807) is 0 Å². The summed E-state index contributed by atoms with van der Waals surface area (Å²) in [4.78, 5) is 7.49. The molecule has 1 saturated heterocycles. The molecule has 0 unspecified atom stereocenters. The average molecular weight is 254 g/mol. The fraction of sp³-hybridized carbons (Fsp3) is 1.00. The summed E-state index contributed by atoms with van der Waals surface area (Å²) in [7, 11) is 4.25. The molecule has 1 saturated carbocycles. The van der Waals surface area contributed by atoms with Crippen LogP contribution >= 0.6 is 0 Å². The van der Waals surface area contributed by atoms with Crippen LogP contribution in [-0.4, -0.2) is 87.7 Å². The minimum atomic E-state index is 1.05. The van der Waals surface area contributed by atoms with Gasteiger partial charge in [0.15, 0.2) is 0 Å². The van der Waals surface area contributed by atoms with Gasteiger partial charge in [-0.3, -0.25) is 4.90 Å². The molecule has 2 fully saturated rings. The molecule has 18 heavy (non-hydrogen) atoms. The van der Waals surface area contributed by atoms with Gasteiger partial charge in [0.2, 0.25) is 0 Å². The van der Waals surface area contributed by atoms with Crippen molar-refractivity contribution in [3.05, 3.63) is 0 Å². The number of hydrogen-bond donors (Lipinski definition) is 1. The molecule has 0 aromatic heterocycles. The second-order valence-electron chi connectivity index (χ2n) is 6.14. The Labute approximate surface area is 112 Å². The maximum Gasteiger partial charge on any atom is 0.0110 e. The van der Waals surface area contributed by atoms with E-state index in [1.807, 2.05) is 0 Å². The molecule has 0 aromatic rings. The van der Waals surface area contributed by atoms with Crippen molar-refractivity contribution in [1.82, 2.24) is 20.0 Å². The molecule has 0 bridgehead atoms. The van der Waals surface area contributed by atoms with E-state index < -0.39 is 0 Å². The Balaban J connectivity index is 1.45. The van der Waals surface area contributed by atoms with Crippen molar-refractivity contribution in [3.63, 3.8) is 0 Å². The van der Waals surface area contributed by atoms with Gasteiger partial charge in [-0.05, 0) is 32.9 Å². The third kappa shape index (κ3) is 5.65. The summed E-state index contributed by atoms with van der Waals surface area (Å²) >= 11 is 0. The number of likely N-dealkylation sites (N-methyl/N-ethyl adjacent to an activating group) is 1. The van der Waals surface area contributed by atoms with Crippen molar-refractivity contribution < 1.29 is 0 Å². The van der Waals surface area contributed by atoms with Gasteiger partial charge in [-0.2, -0.15) is 0 Å². The standard InChI is InChI=1S/C14H30N4/c1-16(2)7-5-15-6-8-17-9-11-18(12-10-17)13-14-3-4-14/h14-15H,3-13H2,1-2H3. The summed E-state index contributed by atoms with van der Waals surface area (Å²) in [6, 6.07) is 0. The smallest absolute Gasteiger partial charge is 0.0110 e. The first-order valence-corrected chi connectivity index (χ1v) is 7.54. The number of nitrogens with zero attached hydrogens (tertiary/aromatic N) is 3. The lowest BCUT2D eigenvalue weighted by Gasteiger charge is -2.34. The van der Waals surface area contributed by atoms with Crippen LogP contribution in [0, 0.1) is 5.92 Å². The van der Waals surface area contributed by atoms with Gasteiger partial charge in [0.25, 0.3) is 0 Å². The second kappa shape index (κ2) is 7.43. The molecular weight excluding hydrogens is 224 g/mol. The molecule has 0 atom stereocenters. The summed E-state index contributed by atoms with van der Waals surface area (Å²) in [5, 5.41) is 3.52. The fourth-order valence-electron chi connectivity index (χ4n) is 2.53. The summed E-state index contributed by atoms with van der Waals surface area (Å²) in [5.74, 6) is 1.05. The lowest BCUT2D eigenvalue weighted by atomic mass is 10.3. The maximum absolute atomic E-state index is 3.52. The molecule has 0 radical (unpaired) electrons. The molecular formula is C14H30N4. The van der Waals surface area contributed by atoms with Crippen LogP contribution < -0.4 is 5.32 Å². The van der Waals surface area contributed by atoms with Crippen molar-refractivity contribution in [2.45, 2.75) is 12.8 Å². The van der Waals surface area contributed by atoms with Gasteiger partial charge < -0.3 is 15.1 Å². The molecule has 1 aliphatic carbocycles. The summed E-state index contributed by atoms with van der Waals surface area (Å²) < 4.78 is 0. The van der Waals surface area contributed by atoms with E-state index in [0.717, 1.165) is 25.6 Å². The van der Waals surface area contributed by atoms with Crippen molar-refractivity contribution in [2.24, 2.45) is 5.92 Å². The topological polar surface area (TPSA) is 21.8 Å². The number of rotatable bonds is 8. The van der Waals surface area contributed by atoms with Crippen molar-refractivity contribution in [2.75, 3.05) is 73.0 Å². The van der Waals surface area contributed by atoms with E-state index in [9.17, 15) is 0 Å². The summed E-state index contributed by atoms with van der Waals surface area (Å²) in [5.41, 5.74) is 0. The lowest BCUT2D eigenvalue weighted by Crippen LogP contribution is -2.48. The zero-order chi connectivity index (χ0) is 12.8. The molecule has 0 spiro atoms. The van der Waals surface area contributed by atoms with Crippen molar-refractivity contribution in [1.29, 1.82) is 0 Å². The largest absolute Gasteiger partial charge is 0.314 e. The van der Waals surface area contributed by atoms with Crippen LogP contribution in [0.25, 0.3) is 0 Å². The Morgan fingerprint density at radius 3 is 2.28 bits per heavy atom. The molecule has 2 aliphatic rings. The highest BCUT2D eigenvalue weighted by atomic mass is 15.3. The third-order valence-corrected chi connectivity index (χ3v) is 4.02. The highest BCUT2D eigenvalue weighted by Gasteiger charge is 2.26. The molecule has 1 heterocycles. The van der Waals surface area contributed by atoms with Crippen molar-refractivity contribution in [3.8, 4) is 0 Å². The second-order valence-corrected chi connectivity index (χ2v) is 6.14. The Kier molecular flexibility index (Phi) is 5.89. The first kappa shape index (κ1) is 14.3. The monoisotopic (exact) mass is 254 g/mol. The van der Waals surface area contributed by atoms with Crippen LogP contribution in [-0.2, 0) is 0 Å². The van der Waals surface area contributed by atoms with Gasteiger partial charge in [-0.15, -0.1) is 0 Å². The third-order valence-electron chi connectivity index (χ3n) is 4.02. The average Bonchev–Trinajstić information content (AvgIpc) is 3.14. The highest BCUT2D eigenvalue weighted by Crippen LogP contribution is 2.29. The zero-order valence-electron chi connectivity index (χ0n) is 12.2. The molecule has 1 aliphatic heterocycles. The van der Waals surface area contributed by atoms with E-state index in [0.29, 0.717) is 0 Å². The summed E-state index contributed by atoms with van der Waals surface area (Å²) in [6.07, 6.45) is 2.96. The van der Waals surface area contributed by atoms with E-state index in [-0.39, 0.29) is 0 Å². The predicted octanol–water partition coefficient (Wildman–Crippen LogP) is 0.165. The normalized spacial score (nSPS) is 22.8. The Morgan fingerprint density at radius 2 is 1.67 bits per heavy atom. The molecule has 1 N–H and O–H groups in total. The van der Waals surface area contributed by atoms with Gasteiger partial charge in [0, 0.05) is 58.9 Å². The molecule has 2 rings (SSSR count). The van der Waals surface area contributed by atoms with Crippen LogP contribution in [0.15, 0.2) is 0 Å². The Hall–Kier alpha value is -0.160.